The summed E-state index contributed by atoms with van der Waals surface area (Å²) in [5, 5.41) is 0. The van der Waals surface area contributed by atoms with Gasteiger partial charge in [0, 0.05) is 23.6 Å². The van der Waals surface area contributed by atoms with Crippen LogP contribution in [-0.4, -0.2) is 11.8 Å². The quantitative estimate of drug-likeness (QED) is 0.522. The fourth-order valence-corrected chi connectivity index (χ4v) is 3.66. The Kier molecular flexibility index (Phi) is 5.96. The number of imide groups is 1. The first kappa shape index (κ1) is 21.2. The summed E-state index contributed by atoms with van der Waals surface area (Å²) in [6.45, 7) is 1.11. The largest absolute Gasteiger partial charge is 0.274 e. The lowest BCUT2D eigenvalue weighted by Gasteiger charge is -2.24. The molecule has 5 heteroatoms. The maximum absolute atomic E-state index is 14.9. The number of nitrogens with zero attached hydrogens (tertiary/aromatic N) is 1. The molecule has 0 saturated heterocycles. The number of anilines is 1. The van der Waals surface area contributed by atoms with Crippen molar-refractivity contribution in [3.63, 3.8) is 0 Å². The smallest absolute Gasteiger partial charge is 0.261 e. The molecule has 0 aromatic heterocycles. The summed E-state index contributed by atoms with van der Waals surface area (Å²) < 4.78 is 29.9. The monoisotopic (exact) mass is 427 g/mol. The molecule has 158 valence electrons. The van der Waals surface area contributed by atoms with Crippen molar-refractivity contribution in [2.24, 2.45) is 0 Å². The fraction of sp³-hybridized carbons (Fsp3) is 0.111. The van der Waals surface area contributed by atoms with Crippen LogP contribution < -0.4 is 4.90 Å². The van der Waals surface area contributed by atoms with Crippen LogP contribution in [0.4, 0.5) is 14.5 Å². The molecule has 0 saturated carbocycles. The Balaban J connectivity index is 1.69. The van der Waals surface area contributed by atoms with Crippen molar-refractivity contribution < 1.29 is 18.4 Å². The van der Waals surface area contributed by atoms with E-state index in [0.717, 1.165) is 30.2 Å². The van der Waals surface area contributed by atoms with E-state index in [4.69, 9.17) is 0 Å². The highest BCUT2D eigenvalue weighted by Crippen LogP contribution is 2.30. The molecular formula is C27H19F2NO2. The molecule has 3 aromatic carbocycles. The predicted octanol–water partition coefficient (Wildman–Crippen LogP) is 5.27. The van der Waals surface area contributed by atoms with Gasteiger partial charge in [-0.15, -0.1) is 0 Å². The Hall–Kier alpha value is -4.04. The summed E-state index contributed by atoms with van der Waals surface area (Å²) in [7, 11) is 0. The van der Waals surface area contributed by atoms with Crippen molar-refractivity contribution in [1.82, 2.24) is 0 Å². The molecule has 0 fully saturated rings. The predicted molar refractivity (Wildman–Crippen MR) is 120 cm³/mol. The molecule has 2 amide bonds. The van der Waals surface area contributed by atoms with Gasteiger partial charge in [0.25, 0.3) is 5.91 Å². The van der Waals surface area contributed by atoms with Crippen LogP contribution in [0.1, 0.15) is 35.6 Å². The second-order valence-electron chi connectivity index (χ2n) is 7.43. The number of halogens is 2. The molecule has 0 bridgehead atoms. The van der Waals surface area contributed by atoms with Gasteiger partial charge >= 0.3 is 0 Å². The topological polar surface area (TPSA) is 37.4 Å². The normalized spacial score (nSPS) is 12.2. The van der Waals surface area contributed by atoms with Crippen LogP contribution in [0.25, 0.3) is 6.08 Å². The van der Waals surface area contributed by atoms with E-state index in [1.807, 2.05) is 42.5 Å². The summed E-state index contributed by atoms with van der Waals surface area (Å²) in [6, 6.07) is 18.7. The lowest BCUT2D eigenvalue weighted by atomic mass is 9.91. The molecule has 0 heterocycles. The first-order chi connectivity index (χ1) is 15.4. The van der Waals surface area contributed by atoms with Gasteiger partial charge in [-0.3, -0.25) is 9.59 Å². The first-order valence-corrected chi connectivity index (χ1v) is 10.1. The fourth-order valence-electron chi connectivity index (χ4n) is 3.66. The molecule has 0 aliphatic heterocycles. The number of aryl methyl sites for hydroxylation is 1. The van der Waals surface area contributed by atoms with Crippen LogP contribution in [-0.2, 0) is 16.0 Å². The standard InChI is InChI=1S/C27H19F2NO2/c1-18(31)30(27(32)23-14-13-21-9-5-6-10-22(21)17-23)26-24(28)15-20(16-25(26)29)12-11-19-7-3-2-4-8-19/h2-10,15-17H,13-14H2,1H3. The van der Waals surface area contributed by atoms with E-state index in [1.165, 1.54) is 0 Å². The lowest BCUT2D eigenvalue weighted by Crippen LogP contribution is -2.38. The van der Waals surface area contributed by atoms with Gasteiger partial charge in [0.2, 0.25) is 5.91 Å². The Morgan fingerprint density at radius 3 is 2.16 bits per heavy atom. The number of benzene rings is 3. The van der Waals surface area contributed by atoms with E-state index in [1.54, 1.807) is 18.2 Å². The SMILES string of the molecule is CC(=O)N(C(=O)C1=Cc2ccccc2CC1)c1c(F)cc(C#Cc2ccccc2)cc1F. The molecule has 0 radical (unpaired) electrons. The number of carbonyl (C=O) groups is 2. The van der Waals surface area contributed by atoms with Gasteiger partial charge in [-0.05, 0) is 54.3 Å². The van der Waals surface area contributed by atoms with E-state index in [-0.39, 0.29) is 5.56 Å². The Bertz CT molecular complexity index is 1280. The maximum Gasteiger partial charge on any atom is 0.261 e. The van der Waals surface area contributed by atoms with Crippen molar-refractivity contribution >= 4 is 23.6 Å². The van der Waals surface area contributed by atoms with Crippen LogP contribution in [0.5, 0.6) is 0 Å². The minimum atomic E-state index is -1.03. The van der Waals surface area contributed by atoms with Crippen LogP contribution in [0.2, 0.25) is 0 Å². The highest BCUT2D eigenvalue weighted by Gasteiger charge is 2.30. The van der Waals surface area contributed by atoms with Crippen molar-refractivity contribution in [2.45, 2.75) is 19.8 Å². The highest BCUT2D eigenvalue weighted by atomic mass is 19.1. The number of fused-ring (bicyclic) bond motifs is 1. The van der Waals surface area contributed by atoms with E-state index in [2.05, 4.69) is 11.8 Å². The number of hydrogen-bond acceptors (Lipinski definition) is 2. The van der Waals surface area contributed by atoms with Crippen molar-refractivity contribution in [2.75, 3.05) is 4.90 Å². The van der Waals surface area contributed by atoms with E-state index >= 15 is 0 Å². The zero-order chi connectivity index (χ0) is 22.7. The second-order valence-corrected chi connectivity index (χ2v) is 7.43. The van der Waals surface area contributed by atoms with Gasteiger partial charge in [-0.25, -0.2) is 13.7 Å². The van der Waals surface area contributed by atoms with E-state index in [0.29, 0.717) is 28.9 Å². The average molecular weight is 427 g/mol. The molecule has 1 aliphatic rings. The van der Waals surface area contributed by atoms with Crippen LogP contribution in [0, 0.1) is 23.5 Å². The third-order valence-corrected chi connectivity index (χ3v) is 5.21. The van der Waals surface area contributed by atoms with Gasteiger partial charge in [0.05, 0.1) is 0 Å². The van der Waals surface area contributed by atoms with Gasteiger partial charge < -0.3 is 0 Å². The lowest BCUT2D eigenvalue weighted by molar-refractivity contribution is -0.123. The molecule has 4 rings (SSSR count). The molecule has 0 atom stereocenters. The van der Waals surface area contributed by atoms with E-state index in [9.17, 15) is 18.4 Å². The molecule has 0 unspecified atom stereocenters. The first-order valence-electron chi connectivity index (χ1n) is 10.1. The minimum absolute atomic E-state index is 0.106. The highest BCUT2D eigenvalue weighted by molar-refractivity contribution is 6.21. The molecule has 1 aliphatic carbocycles. The number of rotatable bonds is 2. The molecule has 32 heavy (non-hydrogen) atoms. The van der Waals surface area contributed by atoms with Crippen LogP contribution in [0.3, 0.4) is 0 Å². The molecular weight excluding hydrogens is 408 g/mol. The maximum atomic E-state index is 14.9. The summed E-state index contributed by atoms with van der Waals surface area (Å²) in [5.74, 6) is 2.00. The summed E-state index contributed by atoms with van der Waals surface area (Å²) in [6.07, 6.45) is 2.66. The zero-order valence-corrected chi connectivity index (χ0v) is 17.4. The van der Waals surface area contributed by atoms with Crippen molar-refractivity contribution in [1.29, 1.82) is 0 Å². The Morgan fingerprint density at radius 1 is 0.844 bits per heavy atom. The Labute approximate surface area is 185 Å². The molecule has 3 aromatic rings. The summed E-state index contributed by atoms with van der Waals surface area (Å²) >= 11 is 0. The third kappa shape index (κ3) is 4.35. The minimum Gasteiger partial charge on any atom is -0.274 e. The Morgan fingerprint density at radius 2 is 1.47 bits per heavy atom. The van der Waals surface area contributed by atoms with Gasteiger partial charge in [0.1, 0.15) is 5.69 Å². The molecule has 0 spiro atoms. The van der Waals surface area contributed by atoms with Gasteiger partial charge in [-0.1, -0.05) is 54.3 Å². The number of amides is 2. The van der Waals surface area contributed by atoms with Gasteiger partial charge in [0.15, 0.2) is 11.6 Å². The zero-order valence-electron chi connectivity index (χ0n) is 17.4. The van der Waals surface area contributed by atoms with Crippen molar-refractivity contribution in [3.05, 3.63) is 106 Å². The van der Waals surface area contributed by atoms with Gasteiger partial charge in [-0.2, -0.15) is 0 Å². The van der Waals surface area contributed by atoms with Crippen LogP contribution in [0.15, 0.2) is 72.3 Å². The third-order valence-electron chi connectivity index (χ3n) is 5.21. The number of hydrogen-bond donors (Lipinski definition) is 0. The summed E-state index contributed by atoms with van der Waals surface area (Å²) in [5.41, 5.74) is 2.38. The number of carbonyl (C=O) groups excluding carboxylic acids is 2. The molecule has 3 nitrogen and oxygen atoms in total. The molecule has 0 N–H and O–H groups in total. The van der Waals surface area contributed by atoms with E-state index < -0.39 is 29.1 Å². The average Bonchev–Trinajstić information content (AvgIpc) is 2.79. The van der Waals surface area contributed by atoms with Crippen LogP contribution >= 0.6 is 0 Å². The van der Waals surface area contributed by atoms with Crippen molar-refractivity contribution in [3.8, 4) is 11.8 Å². The summed E-state index contributed by atoms with van der Waals surface area (Å²) in [4.78, 5) is 26.0. The second kappa shape index (κ2) is 8.99.